The van der Waals surface area contributed by atoms with Gasteiger partial charge in [-0.15, -0.1) is 0 Å². The topological polar surface area (TPSA) is 85.7 Å². The first-order chi connectivity index (χ1) is 11.1. The molecule has 118 valence electrons. The Bertz CT molecular complexity index is 797. The predicted molar refractivity (Wildman–Crippen MR) is 92.8 cm³/mol. The van der Waals surface area contributed by atoms with Gasteiger partial charge in [-0.05, 0) is 24.1 Å². The van der Waals surface area contributed by atoms with Gasteiger partial charge >= 0.3 is 0 Å². The van der Waals surface area contributed by atoms with E-state index in [0.29, 0.717) is 5.75 Å². The van der Waals surface area contributed by atoms with E-state index in [1.807, 2.05) is 61.7 Å². The van der Waals surface area contributed by atoms with E-state index < -0.39 is 5.66 Å². The van der Waals surface area contributed by atoms with E-state index in [0.717, 1.165) is 22.3 Å². The van der Waals surface area contributed by atoms with Gasteiger partial charge in [0.15, 0.2) is 11.6 Å². The molecule has 5 N–H and O–H groups in total. The number of nitrogens with two attached hydrogens (primary N) is 2. The van der Waals surface area contributed by atoms with Crippen LogP contribution in [0.1, 0.15) is 16.7 Å². The number of hydrogen-bond acceptors (Lipinski definition) is 5. The molecule has 5 nitrogen and oxygen atoms in total. The van der Waals surface area contributed by atoms with Crippen molar-refractivity contribution in [3.63, 3.8) is 0 Å². The van der Waals surface area contributed by atoms with Gasteiger partial charge in [-0.2, -0.15) is 0 Å². The molecule has 3 rings (SSSR count). The van der Waals surface area contributed by atoms with Crippen molar-refractivity contribution in [3.8, 4) is 5.75 Å². The van der Waals surface area contributed by atoms with Crippen LogP contribution >= 0.6 is 0 Å². The number of ether oxygens (including phenoxy) is 1. The number of hydrogen-bond donors (Lipinski definition) is 3. The van der Waals surface area contributed by atoms with Gasteiger partial charge in [0.05, 0.1) is 7.11 Å². The van der Waals surface area contributed by atoms with E-state index in [1.54, 1.807) is 7.11 Å². The summed E-state index contributed by atoms with van der Waals surface area (Å²) in [5.74, 6) is 0.948. The third-order valence-electron chi connectivity index (χ3n) is 4.02. The van der Waals surface area contributed by atoms with Gasteiger partial charge in [-0.3, -0.25) is 5.73 Å². The molecule has 5 heteroatoms. The lowest BCUT2D eigenvalue weighted by atomic mass is 9.85. The molecule has 0 radical (unpaired) electrons. The van der Waals surface area contributed by atoms with Crippen LogP contribution < -0.4 is 21.5 Å². The highest BCUT2D eigenvalue weighted by atomic mass is 16.5. The molecule has 1 heterocycles. The zero-order valence-electron chi connectivity index (χ0n) is 13.2. The van der Waals surface area contributed by atoms with Gasteiger partial charge in [0, 0.05) is 17.3 Å². The van der Waals surface area contributed by atoms with Crippen LogP contribution in [0, 0.1) is 6.92 Å². The minimum atomic E-state index is -1.12. The normalized spacial score (nSPS) is 20.3. The van der Waals surface area contributed by atoms with Gasteiger partial charge in [0.2, 0.25) is 0 Å². The summed E-state index contributed by atoms with van der Waals surface area (Å²) in [6, 6.07) is 15.6. The highest BCUT2D eigenvalue weighted by molar-refractivity contribution is 5.89. The van der Waals surface area contributed by atoms with E-state index in [1.165, 1.54) is 0 Å². The summed E-state index contributed by atoms with van der Waals surface area (Å²) in [6.07, 6.45) is 1.82. The van der Waals surface area contributed by atoms with Crippen molar-refractivity contribution in [1.29, 1.82) is 0 Å². The first-order valence-corrected chi connectivity index (χ1v) is 7.37. The molecule has 0 saturated heterocycles. The Morgan fingerprint density at radius 1 is 1.09 bits per heavy atom. The van der Waals surface area contributed by atoms with Crippen molar-refractivity contribution in [2.24, 2.45) is 16.5 Å². The van der Waals surface area contributed by atoms with Crippen molar-refractivity contribution >= 4 is 11.5 Å². The third kappa shape index (κ3) is 2.55. The summed E-state index contributed by atoms with van der Waals surface area (Å²) in [7, 11) is 1.62. The lowest BCUT2D eigenvalue weighted by Crippen LogP contribution is -2.45. The minimum absolute atomic E-state index is 0.274. The molecule has 0 fully saturated rings. The smallest absolute Gasteiger partial charge is 0.195 e. The Labute approximate surface area is 135 Å². The second kappa shape index (κ2) is 5.78. The zero-order valence-corrected chi connectivity index (χ0v) is 13.2. The molecule has 0 aliphatic carbocycles. The molecular weight excluding hydrogens is 288 g/mol. The maximum absolute atomic E-state index is 6.74. The summed E-state index contributed by atoms with van der Waals surface area (Å²) >= 11 is 0. The van der Waals surface area contributed by atoms with Crippen LogP contribution in [0.4, 0.5) is 0 Å². The fourth-order valence-corrected chi connectivity index (χ4v) is 2.86. The molecular formula is C18H20N4O. The van der Waals surface area contributed by atoms with E-state index in [2.05, 4.69) is 10.3 Å². The summed E-state index contributed by atoms with van der Waals surface area (Å²) in [6.45, 7) is 2.04. The third-order valence-corrected chi connectivity index (χ3v) is 4.02. The number of aryl methyl sites for hydroxylation is 1. The van der Waals surface area contributed by atoms with E-state index >= 15 is 0 Å². The van der Waals surface area contributed by atoms with Crippen LogP contribution in [-0.4, -0.2) is 13.1 Å². The quantitative estimate of drug-likeness (QED) is 0.810. The zero-order chi connectivity index (χ0) is 16.4. The van der Waals surface area contributed by atoms with Crippen molar-refractivity contribution in [3.05, 3.63) is 71.4 Å². The summed E-state index contributed by atoms with van der Waals surface area (Å²) < 4.78 is 5.48. The van der Waals surface area contributed by atoms with Crippen LogP contribution in [0.15, 0.2) is 59.7 Å². The fraction of sp³-hybridized carbons (Fsp3) is 0.167. The average molecular weight is 308 g/mol. The molecule has 1 aliphatic heterocycles. The van der Waals surface area contributed by atoms with E-state index in [-0.39, 0.29) is 5.96 Å². The highest BCUT2D eigenvalue weighted by Gasteiger charge is 2.38. The fourth-order valence-electron chi connectivity index (χ4n) is 2.86. The van der Waals surface area contributed by atoms with Crippen LogP contribution in [0.25, 0.3) is 5.57 Å². The van der Waals surface area contributed by atoms with Crippen LogP contribution in [0.5, 0.6) is 5.75 Å². The summed E-state index contributed by atoms with van der Waals surface area (Å²) in [4.78, 5) is 4.50. The summed E-state index contributed by atoms with van der Waals surface area (Å²) in [5.41, 5.74) is 15.2. The number of nitrogens with one attached hydrogen (secondary N) is 1. The SMILES string of the molecule is COc1ccccc1C1(N)N=C(N)NC=C1c1ccccc1C. The van der Waals surface area contributed by atoms with Crippen molar-refractivity contribution in [2.75, 3.05) is 7.11 Å². The van der Waals surface area contributed by atoms with E-state index in [9.17, 15) is 0 Å². The molecule has 0 bridgehead atoms. The number of rotatable bonds is 3. The molecule has 1 aliphatic rings. The number of guanidine groups is 1. The van der Waals surface area contributed by atoms with Crippen LogP contribution in [0.3, 0.4) is 0 Å². The van der Waals surface area contributed by atoms with Crippen LogP contribution in [0.2, 0.25) is 0 Å². The molecule has 2 aromatic rings. The van der Waals surface area contributed by atoms with Gasteiger partial charge < -0.3 is 15.8 Å². The molecule has 0 aromatic heterocycles. The molecule has 0 amide bonds. The van der Waals surface area contributed by atoms with Gasteiger partial charge in [0.1, 0.15) is 5.75 Å². The van der Waals surface area contributed by atoms with Crippen molar-refractivity contribution in [1.82, 2.24) is 5.32 Å². The highest BCUT2D eigenvalue weighted by Crippen LogP contribution is 2.41. The van der Waals surface area contributed by atoms with Crippen molar-refractivity contribution < 1.29 is 4.74 Å². The molecule has 0 spiro atoms. The summed E-state index contributed by atoms with van der Waals surface area (Å²) in [5, 5.41) is 2.97. The van der Waals surface area contributed by atoms with E-state index in [4.69, 9.17) is 16.2 Å². The first-order valence-electron chi connectivity index (χ1n) is 7.37. The first kappa shape index (κ1) is 15.1. The van der Waals surface area contributed by atoms with Crippen molar-refractivity contribution in [2.45, 2.75) is 12.6 Å². The van der Waals surface area contributed by atoms with Crippen LogP contribution in [-0.2, 0) is 5.66 Å². The van der Waals surface area contributed by atoms with Gasteiger partial charge in [-0.25, -0.2) is 4.99 Å². The minimum Gasteiger partial charge on any atom is -0.496 e. The van der Waals surface area contributed by atoms with Gasteiger partial charge in [-0.1, -0.05) is 42.5 Å². The standard InChI is InChI=1S/C18H20N4O/c1-12-7-3-4-8-13(12)15-11-21-17(19)22-18(15,20)14-9-5-6-10-16(14)23-2/h3-11H,20H2,1-2H3,(H3,19,21,22). The molecule has 23 heavy (non-hydrogen) atoms. The maximum atomic E-state index is 6.74. The Kier molecular flexibility index (Phi) is 3.80. The number of nitrogens with zero attached hydrogens (tertiary/aromatic N) is 1. The Morgan fingerprint density at radius 2 is 1.78 bits per heavy atom. The van der Waals surface area contributed by atoms with Gasteiger partial charge in [0.25, 0.3) is 0 Å². The molecule has 0 saturated carbocycles. The maximum Gasteiger partial charge on any atom is 0.195 e. The second-order valence-electron chi connectivity index (χ2n) is 5.48. The molecule has 2 aromatic carbocycles. The Balaban J connectivity index is 2.22. The lowest BCUT2D eigenvalue weighted by Gasteiger charge is -2.34. The molecule has 1 atom stereocenters. The average Bonchev–Trinajstić information content (AvgIpc) is 2.56. The number of methoxy groups -OCH3 is 1. The number of aliphatic imine (C=N–C) groups is 1. The second-order valence-corrected chi connectivity index (χ2v) is 5.48. The molecule has 1 unspecified atom stereocenters. The number of benzene rings is 2. The lowest BCUT2D eigenvalue weighted by molar-refractivity contribution is 0.399. The predicted octanol–water partition coefficient (Wildman–Crippen LogP) is 2.07. The Morgan fingerprint density at radius 3 is 2.52 bits per heavy atom. The monoisotopic (exact) mass is 308 g/mol. The largest absolute Gasteiger partial charge is 0.496 e. The number of para-hydroxylation sites is 1. The Hall–Kier alpha value is -2.79.